The Morgan fingerprint density at radius 2 is 1.91 bits per heavy atom. The first-order chi connectivity index (χ1) is 11.1. The summed E-state index contributed by atoms with van der Waals surface area (Å²) in [4.78, 5) is 0. The Labute approximate surface area is 145 Å². The predicted molar refractivity (Wildman–Crippen MR) is 97.6 cm³/mol. The Hall–Kier alpha value is -1.91. The lowest BCUT2D eigenvalue weighted by Gasteiger charge is -2.29. The van der Waals surface area contributed by atoms with Crippen LogP contribution < -0.4 is 5.73 Å². The van der Waals surface area contributed by atoms with E-state index in [-0.39, 0.29) is 6.04 Å². The van der Waals surface area contributed by atoms with Gasteiger partial charge in [0.1, 0.15) is 0 Å². The molecule has 2 aromatic carbocycles. The van der Waals surface area contributed by atoms with Gasteiger partial charge in [0, 0.05) is 16.5 Å². The average molecular weight is 342 g/mol. The molecule has 0 fully saturated rings. The highest BCUT2D eigenvalue weighted by molar-refractivity contribution is 7.80. The highest BCUT2D eigenvalue weighted by Crippen LogP contribution is 2.43. The van der Waals surface area contributed by atoms with Crippen molar-refractivity contribution < 1.29 is 0 Å². The molecule has 3 nitrogen and oxygen atoms in total. The third-order valence-electron chi connectivity index (χ3n) is 4.67. The minimum atomic E-state index is 0.0492. The predicted octanol–water partition coefficient (Wildman–Crippen LogP) is 3.91. The van der Waals surface area contributed by atoms with Crippen molar-refractivity contribution in [2.45, 2.75) is 18.9 Å². The molecule has 1 aliphatic carbocycles. The van der Waals surface area contributed by atoms with Gasteiger partial charge in [0.05, 0.1) is 11.8 Å². The molecule has 0 unspecified atom stereocenters. The lowest BCUT2D eigenvalue weighted by Crippen LogP contribution is -2.35. The smallest absolute Gasteiger partial charge is 0.187 e. The normalized spacial score (nSPS) is 22.3. The van der Waals surface area contributed by atoms with Gasteiger partial charge in [-0.2, -0.15) is 5.10 Å². The summed E-state index contributed by atoms with van der Waals surface area (Å²) in [6.45, 7) is 0. The van der Waals surface area contributed by atoms with Gasteiger partial charge in [-0.3, -0.25) is 0 Å². The summed E-state index contributed by atoms with van der Waals surface area (Å²) >= 11 is 11.3. The highest BCUT2D eigenvalue weighted by Gasteiger charge is 2.42. The summed E-state index contributed by atoms with van der Waals surface area (Å²) in [7, 11) is 0. The number of hydrazone groups is 1. The van der Waals surface area contributed by atoms with Crippen LogP contribution in [0.5, 0.6) is 0 Å². The molecule has 0 bridgehead atoms. The van der Waals surface area contributed by atoms with Gasteiger partial charge in [0.2, 0.25) is 0 Å². The van der Waals surface area contributed by atoms with Crippen LogP contribution in [-0.4, -0.2) is 15.8 Å². The van der Waals surface area contributed by atoms with Crippen LogP contribution in [0, 0.1) is 5.92 Å². The molecule has 0 amide bonds. The maximum absolute atomic E-state index is 6.03. The van der Waals surface area contributed by atoms with Crippen molar-refractivity contribution in [1.29, 1.82) is 0 Å². The van der Waals surface area contributed by atoms with Crippen LogP contribution >= 0.6 is 23.8 Å². The quantitative estimate of drug-likeness (QED) is 0.800. The van der Waals surface area contributed by atoms with Crippen LogP contribution in [0.2, 0.25) is 5.02 Å². The molecule has 0 aromatic heterocycles. The van der Waals surface area contributed by atoms with Crippen molar-refractivity contribution in [3.8, 4) is 0 Å². The van der Waals surface area contributed by atoms with Crippen molar-refractivity contribution in [3.05, 3.63) is 70.2 Å². The summed E-state index contributed by atoms with van der Waals surface area (Å²) in [6.07, 6.45) is 2.09. The largest absolute Gasteiger partial charge is 0.375 e. The van der Waals surface area contributed by atoms with Gasteiger partial charge in [-0.1, -0.05) is 48.0 Å². The number of nitrogens with two attached hydrogens (primary N) is 1. The van der Waals surface area contributed by atoms with Crippen molar-refractivity contribution in [2.75, 3.05) is 0 Å². The van der Waals surface area contributed by atoms with Crippen molar-refractivity contribution in [3.63, 3.8) is 0 Å². The Balaban J connectivity index is 1.80. The second-order valence-corrected chi connectivity index (χ2v) is 6.82. The Kier molecular flexibility index (Phi) is 3.58. The summed E-state index contributed by atoms with van der Waals surface area (Å²) in [5.74, 6) is 0.299. The van der Waals surface area contributed by atoms with Gasteiger partial charge in [-0.05, 0) is 48.3 Å². The molecular weight excluding hydrogens is 326 g/mol. The van der Waals surface area contributed by atoms with Crippen LogP contribution in [0.15, 0.2) is 53.6 Å². The van der Waals surface area contributed by atoms with E-state index >= 15 is 0 Å². The van der Waals surface area contributed by atoms with Crippen molar-refractivity contribution in [2.24, 2.45) is 16.8 Å². The molecule has 1 aliphatic heterocycles. The number of fused-ring (bicyclic) bond motifs is 3. The lowest BCUT2D eigenvalue weighted by atomic mass is 9.77. The Morgan fingerprint density at radius 3 is 2.65 bits per heavy atom. The van der Waals surface area contributed by atoms with Crippen molar-refractivity contribution >= 4 is 34.6 Å². The molecule has 4 rings (SSSR count). The van der Waals surface area contributed by atoms with E-state index in [0.717, 1.165) is 29.1 Å². The maximum atomic E-state index is 6.03. The zero-order valence-corrected chi connectivity index (χ0v) is 14.0. The zero-order chi connectivity index (χ0) is 16.0. The molecule has 2 atom stereocenters. The van der Waals surface area contributed by atoms with Gasteiger partial charge in [0.25, 0.3) is 0 Å². The van der Waals surface area contributed by atoms with E-state index in [9.17, 15) is 0 Å². The van der Waals surface area contributed by atoms with Crippen LogP contribution in [0.3, 0.4) is 0 Å². The number of nitrogens with zero attached hydrogens (tertiary/aromatic N) is 2. The van der Waals surface area contributed by atoms with Gasteiger partial charge < -0.3 is 5.73 Å². The van der Waals surface area contributed by atoms with Crippen LogP contribution in [0.4, 0.5) is 0 Å². The number of rotatable bonds is 1. The van der Waals surface area contributed by atoms with Gasteiger partial charge in [-0.15, -0.1) is 0 Å². The molecule has 0 saturated heterocycles. The fraction of sp³-hybridized carbons (Fsp3) is 0.222. The van der Waals surface area contributed by atoms with E-state index in [2.05, 4.69) is 24.3 Å². The second-order valence-electron chi connectivity index (χ2n) is 5.97. The fourth-order valence-electron chi connectivity index (χ4n) is 3.64. The second kappa shape index (κ2) is 5.62. The maximum Gasteiger partial charge on any atom is 0.187 e. The van der Waals surface area contributed by atoms with Gasteiger partial charge in [0.15, 0.2) is 5.11 Å². The third-order valence-corrected chi connectivity index (χ3v) is 5.11. The van der Waals surface area contributed by atoms with Crippen molar-refractivity contribution in [1.82, 2.24) is 5.01 Å². The van der Waals surface area contributed by atoms with E-state index in [4.69, 9.17) is 34.7 Å². The standard InChI is InChI=1S/C18H16ClN3S/c19-13-8-5-12(6-9-13)17-15-10-7-11-3-1-2-4-14(11)16(15)21-22(17)18(20)23/h1-6,8-9,15,17H,7,10H2,(H2,20,23)/t15-,17-/m1/s1. The van der Waals surface area contributed by atoms with E-state index in [1.54, 1.807) is 5.01 Å². The molecule has 0 radical (unpaired) electrons. The molecule has 1 heterocycles. The summed E-state index contributed by atoms with van der Waals surface area (Å²) in [5, 5.41) is 7.61. The monoisotopic (exact) mass is 341 g/mol. The number of hydrogen-bond acceptors (Lipinski definition) is 2. The molecule has 2 N–H and O–H groups in total. The van der Waals surface area contributed by atoms with Gasteiger partial charge in [-0.25, -0.2) is 5.01 Å². The first-order valence-corrected chi connectivity index (χ1v) is 8.44. The number of hydrogen-bond donors (Lipinski definition) is 1. The summed E-state index contributed by atoms with van der Waals surface area (Å²) < 4.78 is 0. The van der Waals surface area contributed by atoms with Crippen LogP contribution in [0.25, 0.3) is 0 Å². The molecule has 0 saturated carbocycles. The first kappa shape index (κ1) is 14.7. The molecule has 23 heavy (non-hydrogen) atoms. The highest BCUT2D eigenvalue weighted by atomic mass is 35.5. The first-order valence-electron chi connectivity index (χ1n) is 7.66. The van der Waals surface area contributed by atoms with Crippen LogP contribution in [0.1, 0.15) is 29.2 Å². The molecule has 2 aromatic rings. The van der Waals surface area contributed by atoms with Gasteiger partial charge >= 0.3 is 0 Å². The molecular formula is C18H16ClN3S. The minimum Gasteiger partial charge on any atom is -0.375 e. The molecule has 116 valence electrons. The Bertz CT molecular complexity index is 800. The molecule has 0 spiro atoms. The molecule has 2 aliphatic rings. The Morgan fingerprint density at radius 1 is 1.17 bits per heavy atom. The van der Waals surface area contributed by atoms with E-state index in [1.807, 2.05) is 24.3 Å². The summed E-state index contributed by atoms with van der Waals surface area (Å²) in [6, 6.07) is 16.4. The fourth-order valence-corrected chi connectivity index (χ4v) is 3.92. The minimum absolute atomic E-state index is 0.0492. The number of aryl methyl sites for hydroxylation is 1. The number of halogens is 1. The van der Waals surface area contributed by atoms with E-state index in [0.29, 0.717) is 11.0 Å². The lowest BCUT2D eigenvalue weighted by molar-refractivity contribution is 0.309. The third kappa shape index (κ3) is 2.42. The van der Waals surface area contributed by atoms with E-state index < -0.39 is 0 Å². The summed E-state index contributed by atoms with van der Waals surface area (Å²) in [5.41, 5.74) is 10.8. The number of benzene rings is 2. The average Bonchev–Trinajstić information content (AvgIpc) is 2.96. The zero-order valence-electron chi connectivity index (χ0n) is 12.4. The molecule has 5 heteroatoms. The van der Waals surface area contributed by atoms with Crippen LogP contribution in [-0.2, 0) is 6.42 Å². The van der Waals surface area contributed by atoms with E-state index in [1.165, 1.54) is 11.1 Å². The number of thiocarbonyl (C=S) groups is 1. The topological polar surface area (TPSA) is 41.6 Å². The SMILES string of the molecule is NC(=S)N1N=C2c3ccccc3CC[C@H]2[C@H]1c1ccc(Cl)cc1.